The van der Waals surface area contributed by atoms with E-state index in [-0.39, 0.29) is 12.2 Å². The van der Waals surface area contributed by atoms with Crippen molar-refractivity contribution in [1.29, 1.82) is 0 Å². The van der Waals surface area contributed by atoms with Gasteiger partial charge < -0.3 is 14.9 Å². The Morgan fingerprint density at radius 3 is 2.26 bits per heavy atom. The van der Waals surface area contributed by atoms with Gasteiger partial charge in [0, 0.05) is 13.0 Å². The number of aliphatic hydroxyl groups excluding tert-OH is 1. The smallest absolute Gasteiger partial charge is 0.336 e. The molecule has 2 N–H and O–H groups in total. The van der Waals surface area contributed by atoms with E-state index >= 15 is 0 Å². The molecule has 0 heterocycles. The molecular formula is C22H19BrO4. The van der Waals surface area contributed by atoms with Crippen LogP contribution in [0.15, 0.2) is 71.2 Å². The third kappa shape index (κ3) is 4.56. The first-order valence-electron chi connectivity index (χ1n) is 8.56. The fourth-order valence-corrected chi connectivity index (χ4v) is 3.30. The second-order valence-electron chi connectivity index (χ2n) is 6.00. The lowest BCUT2D eigenvalue weighted by molar-refractivity contribution is 0.0697. The third-order valence-electron chi connectivity index (χ3n) is 4.18. The largest absolute Gasteiger partial charge is 0.492 e. The molecule has 0 aromatic heterocycles. The molecule has 0 amide bonds. The molecule has 0 aliphatic rings. The van der Waals surface area contributed by atoms with Crippen molar-refractivity contribution in [3.63, 3.8) is 0 Å². The summed E-state index contributed by atoms with van der Waals surface area (Å²) in [7, 11) is 0. The van der Waals surface area contributed by atoms with Gasteiger partial charge >= 0.3 is 5.97 Å². The Bertz CT molecular complexity index is 935. The Hall–Kier alpha value is -2.63. The molecule has 3 aromatic rings. The molecule has 3 aromatic carbocycles. The fourth-order valence-electron chi connectivity index (χ4n) is 2.81. The van der Waals surface area contributed by atoms with Crippen LogP contribution < -0.4 is 4.74 Å². The summed E-state index contributed by atoms with van der Waals surface area (Å²) >= 11 is 3.52. The maximum absolute atomic E-state index is 11.4. The lowest BCUT2D eigenvalue weighted by Crippen LogP contribution is -2.00. The van der Waals surface area contributed by atoms with Crippen LogP contribution in [0.25, 0.3) is 22.3 Å². The summed E-state index contributed by atoms with van der Waals surface area (Å²) in [6.07, 6.45) is 0.591. The second-order valence-corrected chi connectivity index (χ2v) is 6.85. The maximum atomic E-state index is 11.4. The van der Waals surface area contributed by atoms with Crippen LogP contribution in [-0.4, -0.2) is 29.4 Å². The molecule has 4 nitrogen and oxygen atoms in total. The summed E-state index contributed by atoms with van der Waals surface area (Å²) in [6, 6.07) is 20.6. The predicted octanol–water partition coefficient (Wildman–Crippen LogP) is 5.24. The molecule has 0 radical (unpaired) electrons. The van der Waals surface area contributed by atoms with Gasteiger partial charge in [0.15, 0.2) is 0 Å². The van der Waals surface area contributed by atoms with Crippen LogP contribution >= 0.6 is 15.9 Å². The summed E-state index contributed by atoms with van der Waals surface area (Å²) in [6.45, 7) is 0.569. The van der Waals surface area contributed by atoms with E-state index < -0.39 is 5.97 Å². The minimum Gasteiger partial charge on any atom is -0.492 e. The molecule has 0 saturated heterocycles. The van der Waals surface area contributed by atoms with Crippen LogP contribution in [0.3, 0.4) is 0 Å². The maximum Gasteiger partial charge on any atom is 0.336 e. The van der Waals surface area contributed by atoms with Gasteiger partial charge in [-0.2, -0.15) is 0 Å². The highest BCUT2D eigenvalue weighted by Gasteiger charge is 2.11. The Morgan fingerprint density at radius 2 is 1.59 bits per heavy atom. The first-order valence-corrected chi connectivity index (χ1v) is 9.36. The monoisotopic (exact) mass is 426 g/mol. The molecule has 0 aliphatic carbocycles. The molecule has 3 rings (SSSR count). The van der Waals surface area contributed by atoms with Gasteiger partial charge in [0.1, 0.15) is 5.75 Å². The van der Waals surface area contributed by atoms with Crippen LogP contribution in [-0.2, 0) is 0 Å². The summed E-state index contributed by atoms with van der Waals surface area (Å²) in [5.74, 6) is -0.199. The van der Waals surface area contributed by atoms with Gasteiger partial charge in [-0.05, 0) is 56.4 Å². The van der Waals surface area contributed by atoms with Crippen molar-refractivity contribution in [2.75, 3.05) is 13.2 Å². The van der Waals surface area contributed by atoms with Crippen molar-refractivity contribution in [2.24, 2.45) is 0 Å². The Kier molecular flexibility index (Phi) is 6.27. The fraction of sp³-hybridized carbons (Fsp3) is 0.136. The van der Waals surface area contributed by atoms with E-state index in [0.29, 0.717) is 18.6 Å². The first kappa shape index (κ1) is 19.1. The number of rotatable bonds is 7. The van der Waals surface area contributed by atoms with E-state index in [1.54, 1.807) is 12.1 Å². The van der Waals surface area contributed by atoms with Gasteiger partial charge in [0.2, 0.25) is 0 Å². The topological polar surface area (TPSA) is 66.8 Å². The minimum atomic E-state index is -0.935. The molecule has 5 heteroatoms. The number of ether oxygens (including phenoxy) is 1. The lowest BCUT2D eigenvalue weighted by Gasteiger charge is -2.11. The normalized spacial score (nSPS) is 10.6. The van der Waals surface area contributed by atoms with Crippen LogP contribution in [0.1, 0.15) is 16.8 Å². The Morgan fingerprint density at radius 1 is 0.926 bits per heavy atom. The van der Waals surface area contributed by atoms with Crippen LogP contribution in [0.5, 0.6) is 5.75 Å². The quantitative estimate of drug-likeness (QED) is 0.506. The van der Waals surface area contributed by atoms with Crippen molar-refractivity contribution in [3.8, 4) is 28.0 Å². The Balaban J connectivity index is 1.84. The molecule has 0 fully saturated rings. The summed E-state index contributed by atoms with van der Waals surface area (Å²) in [5.41, 5.74) is 3.89. The van der Waals surface area contributed by atoms with Gasteiger partial charge in [0.05, 0.1) is 16.6 Å². The lowest BCUT2D eigenvalue weighted by atomic mass is 9.97. The Labute approximate surface area is 166 Å². The standard InChI is InChI=1S/C22H19BrO4/c23-20-14-17(10-11-21(20)27-13-3-12-24)15-6-8-16(9-7-15)18-4-1-2-5-19(18)22(25)26/h1-2,4-11,14,24H,3,12-13H2,(H,25,26). The minimum absolute atomic E-state index is 0.104. The highest BCUT2D eigenvalue weighted by atomic mass is 79.9. The van der Waals surface area contributed by atoms with E-state index in [9.17, 15) is 9.90 Å². The number of hydrogen-bond donors (Lipinski definition) is 2. The van der Waals surface area contributed by atoms with Gasteiger partial charge in [-0.3, -0.25) is 0 Å². The molecule has 0 atom stereocenters. The highest BCUT2D eigenvalue weighted by Crippen LogP contribution is 2.32. The number of aromatic carboxylic acids is 1. The molecule has 0 unspecified atom stereocenters. The number of carbonyl (C=O) groups is 1. The SMILES string of the molecule is O=C(O)c1ccccc1-c1ccc(-c2ccc(OCCCO)c(Br)c2)cc1. The van der Waals surface area contributed by atoms with Gasteiger partial charge in [0.25, 0.3) is 0 Å². The zero-order chi connectivity index (χ0) is 19.2. The molecule has 0 aliphatic heterocycles. The second kappa shape index (κ2) is 8.84. The number of halogens is 1. The van der Waals surface area contributed by atoms with Crippen LogP contribution in [0.2, 0.25) is 0 Å². The predicted molar refractivity (Wildman–Crippen MR) is 109 cm³/mol. The molecule has 27 heavy (non-hydrogen) atoms. The van der Waals surface area contributed by atoms with Crippen LogP contribution in [0.4, 0.5) is 0 Å². The van der Waals surface area contributed by atoms with Gasteiger partial charge in [-0.15, -0.1) is 0 Å². The molecule has 0 spiro atoms. The van der Waals surface area contributed by atoms with Gasteiger partial charge in [-0.25, -0.2) is 4.79 Å². The van der Waals surface area contributed by atoms with Crippen molar-refractivity contribution in [3.05, 3.63) is 76.8 Å². The average Bonchev–Trinajstić information content (AvgIpc) is 2.69. The van der Waals surface area contributed by atoms with Crippen molar-refractivity contribution in [2.45, 2.75) is 6.42 Å². The summed E-state index contributed by atoms with van der Waals surface area (Å²) in [4.78, 5) is 11.4. The zero-order valence-corrected chi connectivity index (χ0v) is 16.1. The van der Waals surface area contributed by atoms with Crippen molar-refractivity contribution < 1.29 is 19.7 Å². The van der Waals surface area contributed by atoms with E-state index in [2.05, 4.69) is 15.9 Å². The van der Waals surface area contributed by atoms with E-state index in [0.717, 1.165) is 26.9 Å². The number of hydrogen-bond acceptors (Lipinski definition) is 3. The average molecular weight is 427 g/mol. The summed E-state index contributed by atoms with van der Waals surface area (Å²) in [5, 5.41) is 18.2. The van der Waals surface area contributed by atoms with Crippen molar-refractivity contribution in [1.82, 2.24) is 0 Å². The number of carboxylic acid groups (broad SMARTS) is 1. The first-order chi connectivity index (χ1) is 13.1. The zero-order valence-electron chi connectivity index (χ0n) is 14.6. The molecule has 0 bridgehead atoms. The number of benzene rings is 3. The number of carboxylic acids is 1. The van der Waals surface area contributed by atoms with Crippen LogP contribution in [0, 0.1) is 0 Å². The third-order valence-corrected chi connectivity index (χ3v) is 4.80. The highest BCUT2D eigenvalue weighted by molar-refractivity contribution is 9.10. The van der Waals surface area contributed by atoms with E-state index in [4.69, 9.17) is 9.84 Å². The van der Waals surface area contributed by atoms with E-state index in [1.807, 2.05) is 54.6 Å². The van der Waals surface area contributed by atoms with E-state index in [1.165, 1.54) is 0 Å². The summed E-state index contributed by atoms with van der Waals surface area (Å²) < 4.78 is 6.46. The molecular weight excluding hydrogens is 408 g/mol. The van der Waals surface area contributed by atoms with Crippen molar-refractivity contribution >= 4 is 21.9 Å². The number of aliphatic hydroxyl groups is 1. The molecule has 138 valence electrons. The molecule has 0 saturated carbocycles. The van der Waals surface area contributed by atoms with Gasteiger partial charge in [-0.1, -0.05) is 48.5 Å².